The Kier molecular flexibility index (Phi) is 6.83. The first kappa shape index (κ1) is 22.0. The summed E-state index contributed by atoms with van der Waals surface area (Å²) in [5, 5.41) is 4.08. The molecule has 1 aliphatic heterocycles. The van der Waals surface area contributed by atoms with E-state index in [0.29, 0.717) is 5.92 Å². The molecule has 1 aliphatic carbocycles. The Labute approximate surface area is 181 Å². The third-order valence-corrected chi connectivity index (χ3v) is 6.75. The fourth-order valence-corrected chi connectivity index (χ4v) is 4.92. The summed E-state index contributed by atoms with van der Waals surface area (Å²) < 4.78 is 0. The largest absolute Gasteiger partial charge is 0.369 e. The van der Waals surface area contributed by atoms with Crippen molar-refractivity contribution in [3.63, 3.8) is 0 Å². The first-order chi connectivity index (χ1) is 13.7. The molecule has 29 heavy (non-hydrogen) atoms. The Balaban J connectivity index is 1.68. The van der Waals surface area contributed by atoms with E-state index in [1.165, 1.54) is 18.5 Å². The minimum atomic E-state index is -0.0496. The first-order valence-corrected chi connectivity index (χ1v) is 11.3. The minimum absolute atomic E-state index is 0.0130. The lowest BCUT2D eigenvalue weighted by Gasteiger charge is -2.50. The molecule has 160 valence electrons. The van der Waals surface area contributed by atoms with Gasteiger partial charge in [0.1, 0.15) is 0 Å². The summed E-state index contributed by atoms with van der Waals surface area (Å²) in [5.74, 6) is 0.703. The van der Waals surface area contributed by atoms with Gasteiger partial charge >= 0.3 is 0 Å². The van der Waals surface area contributed by atoms with Gasteiger partial charge in [-0.25, -0.2) is 0 Å². The van der Waals surface area contributed by atoms with E-state index in [4.69, 9.17) is 11.6 Å². The second-order valence-corrected chi connectivity index (χ2v) is 10.0. The maximum atomic E-state index is 12.7. The summed E-state index contributed by atoms with van der Waals surface area (Å²) in [6.07, 6.45) is 4.39. The van der Waals surface area contributed by atoms with E-state index in [1.54, 1.807) is 0 Å². The van der Waals surface area contributed by atoms with Crippen LogP contribution in [0.2, 0.25) is 5.02 Å². The van der Waals surface area contributed by atoms with Crippen molar-refractivity contribution in [3.05, 3.63) is 41.6 Å². The van der Waals surface area contributed by atoms with Crippen LogP contribution in [0.5, 0.6) is 0 Å². The zero-order valence-corrected chi connectivity index (χ0v) is 19.1. The van der Waals surface area contributed by atoms with Crippen LogP contribution in [0.15, 0.2) is 36.5 Å². The van der Waals surface area contributed by atoms with Gasteiger partial charge in [0.15, 0.2) is 0 Å². The third-order valence-electron chi connectivity index (χ3n) is 6.50. The Hall–Kier alpha value is -1.68. The van der Waals surface area contributed by atoms with Gasteiger partial charge in [0.2, 0.25) is 5.91 Å². The summed E-state index contributed by atoms with van der Waals surface area (Å²) in [5.41, 5.74) is 2.18. The van der Waals surface area contributed by atoms with Gasteiger partial charge in [-0.15, -0.1) is 0 Å². The van der Waals surface area contributed by atoms with Gasteiger partial charge in [0.25, 0.3) is 0 Å². The van der Waals surface area contributed by atoms with Crippen molar-refractivity contribution < 1.29 is 4.79 Å². The number of piperazine rings is 1. The van der Waals surface area contributed by atoms with Crippen molar-refractivity contribution in [2.45, 2.75) is 65.0 Å². The molecule has 1 N–H and O–H groups in total. The molecule has 0 unspecified atom stereocenters. The lowest BCUT2D eigenvalue weighted by atomic mass is 9.94. The first-order valence-electron chi connectivity index (χ1n) is 11.0. The topological polar surface area (TPSA) is 35.6 Å². The Morgan fingerprint density at radius 1 is 1.17 bits per heavy atom. The van der Waals surface area contributed by atoms with E-state index < -0.39 is 0 Å². The van der Waals surface area contributed by atoms with E-state index in [1.807, 2.05) is 12.1 Å². The highest BCUT2D eigenvalue weighted by molar-refractivity contribution is 6.30. The van der Waals surface area contributed by atoms with Crippen molar-refractivity contribution >= 4 is 23.2 Å². The molecule has 0 radical (unpaired) electrons. The number of amides is 1. The molecule has 1 atom stereocenters. The summed E-state index contributed by atoms with van der Waals surface area (Å²) in [6.45, 7) is 16.0. The van der Waals surface area contributed by atoms with Crippen molar-refractivity contribution in [2.24, 2.45) is 11.8 Å². The summed E-state index contributed by atoms with van der Waals surface area (Å²) >= 11 is 6.07. The molecule has 0 bridgehead atoms. The molecular formula is C24H36ClN3O. The number of rotatable bonds is 6. The van der Waals surface area contributed by atoms with Crippen molar-refractivity contribution in [2.75, 3.05) is 24.5 Å². The highest BCUT2D eigenvalue weighted by Crippen LogP contribution is 2.31. The van der Waals surface area contributed by atoms with Gasteiger partial charge in [0.05, 0.1) is 11.6 Å². The zero-order chi connectivity index (χ0) is 21.2. The van der Waals surface area contributed by atoms with Crippen LogP contribution >= 0.6 is 11.6 Å². The monoisotopic (exact) mass is 417 g/mol. The highest BCUT2D eigenvalue weighted by Gasteiger charge is 2.36. The molecule has 1 aromatic carbocycles. The predicted molar refractivity (Wildman–Crippen MR) is 122 cm³/mol. The number of halogens is 1. The second kappa shape index (κ2) is 8.99. The van der Waals surface area contributed by atoms with Crippen molar-refractivity contribution in [1.82, 2.24) is 10.2 Å². The molecule has 1 saturated carbocycles. The maximum Gasteiger partial charge on any atom is 0.223 e. The van der Waals surface area contributed by atoms with E-state index in [0.717, 1.165) is 43.2 Å². The SMILES string of the molecule is C=C([C@H](NC(=O)C1CCCC1)C(C)C)N1CCN(c2ccc(Cl)cc2)C(C)(C)C1. The third kappa shape index (κ3) is 5.09. The summed E-state index contributed by atoms with van der Waals surface area (Å²) in [7, 11) is 0. The highest BCUT2D eigenvalue weighted by atomic mass is 35.5. The number of hydrogen-bond donors (Lipinski definition) is 1. The number of nitrogens with zero attached hydrogens (tertiary/aromatic N) is 2. The molecule has 0 spiro atoms. The van der Waals surface area contributed by atoms with Crippen LogP contribution in [0.3, 0.4) is 0 Å². The van der Waals surface area contributed by atoms with E-state index in [-0.39, 0.29) is 23.4 Å². The van der Waals surface area contributed by atoms with Crippen LogP contribution in [0, 0.1) is 11.8 Å². The van der Waals surface area contributed by atoms with Gasteiger partial charge in [-0.3, -0.25) is 4.79 Å². The lowest BCUT2D eigenvalue weighted by molar-refractivity contribution is -0.125. The van der Waals surface area contributed by atoms with Gasteiger partial charge in [-0.1, -0.05) is 44.9 Å². The summed E-state index contributed by atoms with van der Waals surface area (Å²) in [6, 6.07) is 8.07. The lowest BCUT2D eigenvalue weighted by Crippen LogP contribution is -2.61. The molecule has 1 amide bonds. The molecule has 5 heteroatoms. The fraction of sp³-hybridized carbons (Fsp3) is 0.625. The normalized spacial score (nSPS) is 20.8. The van der Waals surface area contributed by atoms with Gasteiger partial charge in [-0.05, 0) is 56.9 Å². The van der Waals surface area contributed by atoms with Crippen molar-refractivity contribution in [1.29, 1.82) is 0 Å². The van der Waals surface area contributed by atoms with Gasteiger partial charge in [-0.2, -0.15) is 0 Å². The van der Waals surface area contributed by atoms with E-state index >= 15 is 0 Å². The predicted octanol–water partition coefficient (Wildman–Crippen LogP) is 5.09. The number of nitrogens with one attached hydrogen (secondary N) is 1. The second-order valence-electron chi connectivity index (χ2n) is 9.57. The number of anilines is 1. The molecule has 3 rings (SSSR count). The number of hydrogen-bond acceptors (Lipinski definition) is 3. The molecule has 0 aromatic heterocycles. The summed E-state index contributed by atoms with van der Waals surface area (Å²) in [4.78, 5) is 17.6. The molecule has 2 aliphatic rings. The Morgan fingerprint density at radius 3 is 2.34 bits per heavy atom. The Morgan fingerprint density at radius 2 is 1.79 bits per heavy atom. The molecular weight excluding hydrogens is 382 g/mol. The van der Waals surface area contributed by atoms with Crippen LogP contribution in [0.4, 0.5) is 5.69 Å². The quantitative estimate of drug-likeness (QED) is 0.700. The zero-order valence-electron chi connectivity index (χ0n) is 18.4. The Bertz CT molecular complexity index is 722. The number of benzene rings is 1. The average Bonchev–Trinajstić information content (AvgIpc) is 3.20. The molecule has 4 nitrogen and oxygen atoms in total. The molecule has 1 heterocycles. The standard InChI is InChI=1S/C24H36ClN3O/c1-17(2)22(26-23(29)19-8-6-7-9-19)18(3)27-14-15-28(24(4,5)16-27)21-12-10-20(25)11-13-21/h10-13,17,19,22H,3,6-9,14-16H2,1-2,4-5H3,(H,26,29)/t22-/m1/s1. The molecule has 1 saturated heterocycles. The minimum Gasteiger partial charge on any atom is -0.369 e. The van der Waals surface area contributed by atoms with Crippen LogP contribution < -0.4 is 10.2 Å². The fourth-order valence-electron chi connectivity index (χ4n) is 4.79. The van der Waals surface area contributed by atoms with Gasteiger partial charge in [0, 0.05) is 42.0 Å². The van der Waals surface area contributed by atoms with Crippen molar-refractivity contribution in [3.8, 4) is 0 Å². The van der Waals surface area contributed by atoms with Crippen LogP contribution in [0.25, 0.3) is 0 Å². The number of carbonyl (C=O) groups excluding carboxylic acids is 1. The molecule has 2 fully saturated rings. The maximum absolute atomic E-state index is 12.7. The van der Waals surface area contributed by atoms with Crippen LogP contribution in [-0.4, -0.2) is 42.0 Å². The van der Waals surface area contributed by atoms with E-state index in [2.05, 4.69) is 61.5 Å². The van der Waals surface area contributed by atoms with Crippen LogP contribution in [0.1, 0.15) is 53.4 Å². The average molecular weight is 418 g/mol. The van der Waals surface area contributed by atoms with E-state index in [9.17, 15) is 4.79 Å². The van der Waals surface area contributed by atoms with Gasteiger partial charge < -0.3 is 15.1 Å². The smallest absolute Gasteiger partial charge is 0.223 e. The molecule has 1 aromatic rings. The van der Waals surface area contributed by atoms with Crippen LogP contribution in [-0.2, 0) is 4.79 Å². The number of carbonyl (C=O) groups is 1.